The number of hydrogen-bond acceptors (Lipinski definition) is 1. The first-order valence-corrected chi connectivity index (χ1v) is 8.70. The fourth-order valence-electron chi connectivity index (χ4n) is 3.36. The molecule has 3 rings (SSSR count). The summed E-state index contributed by atoms with van der Waals surface area (Å²) in [5, 5.41) is 0. The predicted molar refractivity (Wildman–Crippen MR) is 99.7 cm³/mol. The number of benzene rings is 3. The molecule has 1 nitrogen and oxygen atoms in total. The van der Waals surface area contributed by atoms with Crippen LogP contribution in [0.15, 0.2) is 30.3 Å². The van der Waals surface area contributed by atoms with Crippen molar-refractivity contribution in [1.82, 2.24) is 0 Å². The van der Waals surface area contributed by atoms with Gasteiger partial charge in [-0.2, -0.15) is 0 Å². The van der Waals surface area contributed by atoms with Crippen molar-refractivity contribution in [3.05, 3.63) is 82.2 Å². The topological polar surface area (TPSA) is 9.23 Å². The average molecular weight is 426 g/mol. The molecule has 3 aromatic rings. The molecule has 3 aromatic carbocycles. The van der Waals surface area contributed by atoms with Crippen molar-refractivity contribution < 1.29 is 35.5 Å². The third-order valence-corrected chi connectivity index (χ3v) is 4.87. The third kappa shape index (κ3) is 3.42. The van der Waals surface area contributed by atoms with E-state index in [1.807, 2.05) is 0 Å². The molecule has 0 aliphatic heterocycles. The summed E-state index contributed by atoms with van der Waals surface area (Å²) >= 11 is 0. The lowest BCUT2D eigenvalue weighted by atomic mass is 9.35. The molecule has 0 bridgehead atoms. The number of ether oxygens (including phenoxy) is 1. The minimum Gasteiger partial charge on any atom is -0.491 e. The van der Waals surface area contributed by atoms with Gasteiger partial charge in [0, 0.05) is 22.5 Å². The van der Waals surface area contributed by atoms with Crippen molar-refractivity contribution in [3.8, 4) is 5.75 Å². The van der Waals surface area contributed by atoms with Gasteiger partial charge in [-0.05, 0) is 37.1 Å². The lowest BCUT2D eigenvalue weighted by Crippen LogP contribution is -2.59. The van der Waals surface area contributed by atoms with Crippen molar-refractivity contribution in [2.75, 3.05) is 7.11 Å². The maximum Gasteiger partial charge on any atom is 0.264 e. The monoisotopic (exact) mass is 426 g/mol. The predicted octanol–water partition coefficient (Wildman–Crippen LogP) is 3.80. The SMILES string of the molecule is COc1c(F)cc(F)c(B(c2c(F)ccc(C)c2F)c2c(F)ccc(C)c2F)c1F. The molecule has 30 heavy (non-hydrogen) atoms. The normalized spacial score (nSPS) is 11.0. The van der Waals surface area contributed by atoms with Gasteiger partial charge in [0.1, 0.15) is 29.1 Å². The molecule has 0 amide bonds. The second-order valence-corrected chi connectivity index (χ2v) is 6.72. The van der Waals surface area contributed by atoms with Gasteiger partial charge < -0.3 is 4.74 Å². The van der Waals surface area contributed by atoms with E-state index in [0.717, 1.165) is 31.4 Å². The van der Waals surface area contributed by atoms with E-state index in [0.29, 0.717) is 0 Å². The van der Waals surface area contributed by atoms with Crippen LogP contribution in [0.5, 0.6) is 5.75 Å². The molecule has 0 unspecified atom stereocenters. The Kier molecular flexibility index (Phi) is 5.83. The summed E-state index contributed by atoms with van der Waals surface area (Å²) in [4.78, 5) is 0. The molecular weight excluding hydrogens is 412 g/mol. The Balaban J connectivity index is 2.53. The number of rotatable bonds is 4. The zero-order valence-corrected chi connectivity index (χ0v) is 16.0. The van der Waals surface area contributed by atoms with Gasteiger partial charge in [0.15, 0.2) is 17.4 Å². The Bertz CT molecular complexity index is 1090. The zero-order valence-electron chi connectivity index (χ0n) is 16.0. The Morgan fingerprint density at radius 2 is 1.03 bits per heavy atom. The van der Waals surface area contributed by atoms with Crippen molar-refractivity contribution in [3.63, 3.8) is 0 Å². The van der Waals surface area contributed by atoms with Crippen LogP contribution in [0.4, 0.5) is 30.7 Å². The molecule has 0 atom stereocenters. The zero-order chi connectivity index (χ0) is 22.3. The molecule has 0 N–H and O–H groups in total. The number of halogens is 7. The van der Waals surface area contributed by atoms with Gasteiger partial charge in [0.2, 0.25) is 0 Å². The van der Waals surface area contributed by atoms with Crippen LogP contribution in [-0.2, 0) is 0 Å². The number of hydrogen-bond donors (Lipinski definition) is 0. The van der Waals surface area contributed by atoms with E-state index in [1.54, 1.807) is 0 Å². The Morgan fingerprint density at radius 1 is 0.600 bits per heavy atom. The molecule has 0 aliphatic rings. The molecular formula is C21H14BF7O. The summed E-state index contributed by atoms with van der Waals surface area (Å²) < 4.78 is 108. The van der Waals surface area contributed by atoms with Gasteiger partial charge in [0.25, 0.3) is 6.71 Å². The highest BCUT2D eigenvalue weighted by Gasteiger charge is 2.39. The maximum atomic E-state index is 15.0. The quantitative estimate of drug-likeness (QED) is 0.456. The van der Waals surface area contributed by atoms with Crippen LogP contribution >= 0.6 is 0 Å². The van der Waals surface area contributed by atoms with Gasteiger partial charge in [-0.3, -0.25) is 0 Å². The summed E-state index contributed by atoms with van der Waals surface area (Å²) in [6.07, 6.45) is 0. The highest BCUT2D eigenvalue weighted by molar-refractivity contribution is 6.95. The summed E-state index contributed by atoms with van der Waals surface area (Å²) in [6.45, 7) is 0.256. The largest absolute Gasteiger partial charge is 0.491 e. The van der Waals surface area contributed by atoms with Crippen molar-refractivity contribution >= 4 is 23.1 Å². The van der Waals surface area contributed by atoms with E-state index in [-0.39, 0.29) is 17.2 Å². The van der Waals surface area contributed by atoms with Crippen LogP contribution in [0, 0.1) is 54.6 Å². The lowest BCUT2D eigenvalue weighted by molar-refractivity contribution is 0.358. The van der Waals surface area contributed by atoms with Crippen LogP contribution in [0.25, 0.3) is 0 Å². The van der Waals surface area contributed by atoms with Gasteiger partial charge in [-0.1, -0.05) is 12.1 Å². The Morgan fingerprint density at radius 3 is 1.47 bits per heavy atom. The second-order valence-electron chi connectivity index (χ2n) is 6.72. The fourth-order valence-corrected chi connectivity index (χ4v) is 3.36. The average Bonchev–Trinajstić information content (AvgIpc) is 2.68. The smallest absolute Gasteiger partial charge is 0.264 e. The summed E-state index contributed by atoms with van der Waals surface area (Å²) in [7, 11) is 0.889. The number of methoxy groups -OCH3 is 1. The molecule has 0 radical (unpaired) electrons. The third-order valence-electron chi connectivity index (χ3n) is 4.87. The van der Waals surface area contributed by atoms with Crippen LogP contribution in [-0.4, -0.2) is 13.8 Å². The molecule has 0 spiro atoms. The molecule has 0 fully saturated rings. The fraction of sp³-hybridized carbons (Fsp3) is 0.143. The first-order valence-electron chi connectivity index (χ1n) is 8.70. The van der Waals surface area contributed by atoms with E-state index in [2.05, 4.69) is 4.74 Å². The molecule has 0 aromatic heterocycles. The molecule has 0 heterocycles. The number of aryl methyl sites for hydroxylation is 2. The molecule has 0 saturated heterocycles. The van der Waals surface area contributed by atoms with Crippen molar-refractivity contribution in [2.45, 2.75) is 13.8 Å². The van der Waals surface area contributed by atoms with Crippen molar-refractivity contribution in [2.24, 2.45) is 0 Å². The molecule has 0 aliphatic carbocycles. The van der Waals surface area contributed by atoms with E-state index in [9.17, 15) is 26.3 Å². The van der Waals surface area contributed by atoms with Crippen LogP contribution in [0.1, 0.15) is 11.1 Å². The first-order chi connectivity index (χ1) is 14.1. The molecule has 9 heteroatoms. The van der Waals surface area contributed by atoms with E-state index >= 15 is 4.39 Å². The summed E-state index contributed by atoms with van der Waals surface area (Å²) in [5.74, 6) is -10.8. The highest BCUT2D eigenvalue weighted by atomic mass is 19.2. The molecule has 0 saturated carbocycles. The maximum absolute atomic E-state index is 15.0. The van der Waals surface area contributed by atoms with Crippen LogP contribution in [0.2, 0.25) is 0 Å². The second kappa shape index (κ2) is 8.05. The standard InChI is InChI=1S/C21H14BF7O/c1-9-4-6-11(23)15(18(9)27)22(16-12(24)7-5-10(2)19(16)28)17-13(25)8-14(26)21(30-3)20(17)29/h4-8H,1-3H3. The van der Waals surface area contributed by atoms with Crippen LogP contribution < -0.4 is 21.1 Å². The minimum absolute atomic E-state index is 0.125. The van der Waals surface area contributed by atoms with E-state index in [1.165, 1.54) is 13.8 Å². The van der Waals surface area contributed by atoms with Gasteiger partial charge in [-0.15, -0.1) is 0 Å². The van der Waals surface area contributed by atoms with E-state index in [4.69, 9.17) is 0 Å². The minimum atomic E-state index is -2.24. The highest BCUT2D eigenvalue weighted by Crippen LogP contribution is 2.23. The van der Waals surface area contributed by atoms with Crippen LogP contribution in [0.3, 0.4) is 0 Å². The lowest BCUT2D eigenvalue weighted by Gasteiger charge is -2.21. The summed E-state index contributed by atoms with van der Waals surface area (Å²) in [5.41, 5.74) is -3.37. The van der Waals surface area contributed by atoms with Crippen molar-refractivity contribution in [1.29, 1.82) is 0 Å². The molecule has 156 valence electrons. The van der Waals surface area contributed by atoms with Gasteiger partial charge in [-0.25, -0.2) is 30.7 Å². The first kappa shape index (κ1) is 21.7. The Labute approximate surface area is 168 Å². The Hall–Kier alpha value is -2.97. The summed E-state index contributed by atoms with van der Waals surface area (Å²) in [6, 6.07) is 3.96. The van der Waals surface area contributed by atoms with Gasteiger partial charge >= 0.3 is 0 Å². The van der Waals surface area contributed by atoms with E-state index < -0.39 is 69.6 Å². The van der Waals surface area contributed by atoms with Gasteiger partial charge in [0.05, 0.1) is 7.11 Å².